The summed E-state index contributed by atoms with van der Waals surface area (Å²) in [7, 11) is 1.72. The molecule has 0 spiro atoms. The number of para-hydroxylation sites is 1. The Morgan fingerprint density at radius 2 is 2.10 bits per heavy atom. The van der Waals surface area contributed by atoms with Crippen LogP contribution in [0.5, 0.6) is 0 Å². The average Bonchev–Trinajstić information content (AvgIpc) is 3.15. The maximum absolute atomic E-state index is 5.36. The second-order valence-electron chi connectivity index (χ2n) is 4.37. The van der Waals surface area contributed by atoms with E-state index >= 15 is 0 Å². The molecule has 0 radical (unpaired) electrons. The van der Waals surface area contributed by atoms with E-state index in [4.69, 9.17) is 4.42 Å². The van der Waals surface area contributed by atoms with Gasteiger partial charge < -0.3 is 9.40 Å². The number of furan rings is 1. The molecular formula is C14H11N5O. The highest BCUT2D eigenvalue weighted by Crippen LogP contribution is 2.19. The molecule has 0 aliphatic carbocycles. The molecule has 1 aromatic carbocycles. The highest BCUT2D eigenvalue weighted by Gasteiger charge is 2.12. The molecule has 0 unspecified atom stereocenters. The second kappa shape index (κ2) is 4.06. The lowest BCUT2D eigenvalue weighted by molar-refractivity contribution is 0.577. The van der Waals surface area contributed by atoms with Gasteiger partial charge in [0, 0.05) is 12.4 Å². The predicted molar refractivity (Wildman–Crippen MR) is 74.0 cm³/mol. The number of fused-ring (bicyclic) bond motifs is 3. The molecule has 3 aromatic heterocycles. The molecule has 0 amide bonds. The van der Waals surface area contributed by atoms with Gasteiger partial charge in [-0.2, -0.15) is 4.52 Å². The third-order valence-electron chi connectivity index (χ3n) is 3.18. The van der Waals surface area contributed by atoms with Gasteiger partial charge in [0.25, 0.3) is 0 Å². The maximum Gasteiger partial charge on any atom is 0.225 e. The van der Waals surface area contributed by atoms with E-state index in [9.17, 15) is 0 Å². The Bertz CT molecular complexity index is 962. The van der Waals surface area contributed by atoms with Gasteiger partial charge in [-0.1, -0.05) is 12.1 Å². The van der Waals surface area contributed by atoms with Gasteiger partial charge >= 0.3 is 0 Å². The molecule has 1 N–H and O–H groups in total. The fourth-order valence-electron chi connectivity index (χ4n) is 2.26. The minimum Gasteiger partial charge on any atom is -0.461 e. The fourth-order valence-corrected chi connectivity index (χ4v) is 2.26. The molecule has 0 atom stereocenters. The Morgan fingerprint density at radius 3 is 2.90 bits per heavy atom. The topological polar surface area (TPSA) is 71.5 Å². The highest BCUT2D eigenvalue weighted by atomic mass is 16.3. The van der Waals surface area contributed by atoms with Crippen LogP contribution in [0, 0.1) is 0 Å². The Kier molecular flexibility index (Phi) is 2.23. The van der Waals surface area contributed by atoms with Crippen LogP contribution in [0.2, 0.25) is 0 Å². The minimum absolute atomic E-state index is 0.546. The molecule has 4 rings (SSSR count). The van der Waals surface area contributed by atoms with E-state index in [0.29, 0.717) is 17.2 Å². The number of rotatable bonds is 1. The first-order chi connectivity index (χ1) is 9.86. The third kappa shape index (κ3) is 1.48. The van der Waals surface area contributed by atoms with Crippen LogP contribution in [0.1, 0.15) is 0 Å². The lowest BCUT2D eigenvalue weighted by Crippen LogP contribution is -2.19. The van der Waals surface area contributed by atoms with Crippen LogP contribution in [0.4, 0.5) is 0 Å². The first kappa shape index (κ1) is 11.0. The predicted octanol–water partition coefficient (Wildman–Crippen LogP) is 2.00. The molecule has 4 aromatic rings. The second-order valence-corrected chi connectivity index (χ2v) is 4.37. The zero-order valence-electron chi connectivity index (χ0n) is 10.7. The van der Waals surface area contributed by atoms with Crippen molar-refractivity contribution in [3.05, 3.63) is 48.3 Å². The van der Waals surface area contributed by atoms with E-state index in [1.807, 2.05) is 36.4 Å². The van der Waals surface area contributed by atoms with E-state index in [1.54, 1.807) is 17.8 Å². The van der Waals surface area contributed by atoms with Crippen molar-refractivity contribution in [1.29, 1.82) is 0 Å². The summed E-state index contributed by atoms with van der Waals surface area (Å²) in [5.74, 6) is 1.18. The van der Waals surface area contributed by atoms with Crippen molar-refractivity contribution in [2.45, 2.75) is 0 Å². The standard InChI is InChI=1S/C14H11N5O/c1-15-14-16-10-6-3-2-5-9(10)13-17-12(18-19(13)14)11-7-4-8-20-11/h2-8H,1H3,(H,15,16). The largest absolute Gasteiger partial charge is 0.461 e. The van der Waals surface area contributed by atoms with Crippen molar-refractivity contribution in [2.24, 2.45) is 4.99 Å². The smallest absolute Gasteiger partial charge is 0.225 e. The van der Waals surface area contributed by atoms with Crippen molar-refractivity contribution < 1.29 is 4.42 Å². The summed E-state index contributed by atoms with van der Waals surface area (Å²) in [5, 5.41) is 5.45. The summed E-state index contributed by atoms with van der Waals surface area (Å²) in [6, 6.07) is 11.6. The maximum atomic E-state index is 5.36. The Morgan fingerprint density at radius 1 is 1.20 bits per heavy atom. The SMILES string of the molecule is C/N=c1/[nH]c2ccccc2c2nc(-c3ccco3)nn12. The summed E-state index contributed by atoms with van der Waals surface area (Å²) >= 11 is 0. The molecule has 0 saturated heterocycles. The Balaban J connectivity index is 2.17. The lowest BCUT2D eigenvalue weighted by Gasteiger charge is -1.99. The van der Waals surface area contributed by atoms with Crippen molar-refractivity contribution in [3.63, 3.8) is 0 Å². The van der Waals surface area contributed by atoms with Gasteiger partial charge in [0.2, 0.25) is 11.4 Å². The van der Waals surface area contributed by atoms with E-state index in [0.717, 1.165) is 16.6 Å². The molecule has 98 valence electrons. The normalized spacial score (nSPS) is 12.6. The third-order valence-corrected chi connectivity index (χ3v) is 3.18. The molecule has 0 fully saturated rings. The zero-order chi connectivity index (χ0) is 13.5. The molecule has 6 nitrogen and oxygen atoms in total. The Labute approximate surface area is 113 Å². The van der Waals surface area contributed by atoms with Gasteiger partial charge in [0.05, 0.1) is 11.8 Å². The molecule has 0 aliphatic heterocycles. The van der Waals surface area contributed by atoms with Crippen LogP contribution >= 0.6 is 0 Å². The lowest BCUT2D eigenvalue weighted by atomic mass is 10.2. The van der Waals surface area contributed by atoms with Gasteiger partial charge in [-0.15, -0.1) is 5.10 Å². The van der Waals surface area contributed by atoms with Crippen LogP contribution in [0.3, 0.4) is 0 Å². The van der Waals surface area contributed by atoms with Crippen LogP contribution in [0.15, 0.2) is 52.1 Å². The van der Waals surface area contributed by atoms with E-state index in [1.165, 1.54) is 0 Å². The quantitative estimate of drug-likeness (QED) is 0.572. The first-order valence-electron chi connectivity index (χ1n) is 6.21. The van der Waals surface area contributed by atoms with Crippen molar-refractivity contribution >= 4 is 16.6 Å². The van der Waals surface area contributed by atoms with Crippen molar-refractivity contribution in [2.75, 3.05) is 7.05 Å². The molecule has 0 aliphatic rings. The summed E-state index contributed by atoms with van der Waals surface area (Å²) in [6.07, 6.45) is 1.61. The van der Waals surface area contributed by atoms with Gasteiger partial charge in [-0.05, 0) is 24.3 Å². The summed E-state index contributed by atoms with van der Waals surface area (Å²) in [5.41, 5.74) is 2.37. The van der Waals surface area contributed by atoms with E-state index in [2.05, 4.69) is 20.1 Å². The summed E-state index contributed by atoms with van der Waals surface area (Å²) in [4.78, 5) is 12.0. The molecule has 6 heteroatoms. The molecule has 3 heterocycles. The van der Waals surface area contributed by atoms with Crippen LogP contribution < -0.4 is 5.62 Å². The number of nitrogens with one attached hydrogen (secondary N) is 1. The fraction of sp³-hybridized carbons (Fsp3) is 0.0714. The average molecular weight is 265 g/mol. The van der Waals surface area contributed by atoms with Gasteiger partial charge in [-0.25, -0.2) is 4.98 Å². The number of hydrogen-bond acceptors (Lipinski definition) is 4. The van der Waals surface area contributed by atoms with E-state index in [-0.39, 0.29) is 0 Å². The number of hydrogen-bond donors (Lipinski definition) is 1. The van der Waals surface area contributed by atoms with E-state index < -0.39 is 0 Å². The Hall–Kier alpha value is -2.89. The minimum atomic E-state index is 0.546. The number of H-pyrrole nitrogens is 1. The number of aromatic nitrogens is 4. The van der Waals surface area contributed by atoms with Gasteiger partial charge in [0.1, 0.15) is 0 Å². The van der Waals surface area contributed by atoms with Gasteiger partial charge in [0.15, 0.2) is 11.4 Å². The molecule has 0 saturated carbocycles. The first-order valence-corrected chi connectivity index (χ1v) is 6.21. The van der Waals surface area contributed by atoms with Crippen molar-refractivity contribution in [3.8, 4) is 11.6 Å². The van der Waals surface area contributed by atoms with Crippen LogP contribution in [-0.4, -0.2) is 26.6 Å². The van der Waals surface area contributed by atoms with Crippen LogP contribution in [0.25, 0.3) is 28.1 Å². The monoisotopic (exact) mass is 265 g/mol. The number of benzene rings is 1. The number of nitrogens with zero attached hydrogens (tertiary/aromatic N) is 4. The van der Waals surface area contributed by atoms with Gasteiger partial charge in [-0.3, -0.25) is 4.99 Å². The molecule has 0 bridgehead atoms. The summed E-state index contributed by atoms with van der Waals surface area (Å²) in [6.45, 7) is 0. The van der Waals surface area contributed by atoms with Crippen molar-refractivity contribution in [1.82, 2.24) is 19.6 Å². The van der Waals surface area contributed by atoms with Crippen LogP contribution in [-0.2, 0) is 0 Å². The zero-order valence-corrected chi connectivity index (χ0v) is 10.7. The number of aromatic amines is 1. The molecule has 20 heavy (non-hydrogen) atoms. The summed E-state index contributed by atoms with van der Waals surface area (Å²) < 4.78 is 7.05. The highest BCUT2D eigenvalue weighted by molar-refractivity contribution is 5.91. The molecular weight excluding hydrogens is 254 g/mol.